The molecule has 6 heterocycles. The second-order valence-corrected chi connectivity index (χ2v) is 21.8. The minimum absolute atomic E-state index is 0.0118. The summed E-state index contributed by atoms with van der Waals surface area (Å²) in [6.07, 6.45) is -0.337. The molecule has 0 aliphatic rings. The first-order chi connectivity index (χ1) is 49.0. The molecule has 0 spiro atoms. The van der Waals surface area contributed by atoms with Crippen LogP contribution >= 0.6 is 0 Å². The van der Waals surface area contributed by atoms with Crippen molar-refractivity contribution in [2.45, 2.75) is 39.6 Å². The molecule has 0 radical (unpaired) electrons. The fraction of sp³-hybridized carbons (Fsp3) is 0.174. The number of hydrogen-bond acceptors (Lipinski definition) is 21. The lowest BCUT2D eigenvalue weighted by molar-refractivity contribution is -0.140. The lowest BCUT2D eigenvalue weighted by atomic mass is 9.98. The number of esters is 3. The van der Waals surface area contributed by atoms with E-state index in [0.29, 0.717) is 16.5 Å². The van der Waals surface area contributed by atoms with Crippen molar-refractivity contribution in [2.24, 2.45) is 0 Å². The number of aromatic nitrogens is 3. The van der Waals surface area contributed by atoms with Gasteiger partial charge in [-0.2, -0.15) is 26.3 Å². The van der Waals surface area contributed by atoms with Gasteiger partial charge in [-0.25, -0.2) is 28.8 Å². The lowest BCUT2D eigenvalue weighted by Crippen LogP contribution is -2.22. The van der Waals surface area contributed by atoms with Gasteiger partial charge in [0, 0.05) is 51.8 Å². The van der Waals surface area contributed by atoms with Gasteiger partial charge in [-0.15, -0.1) is 0 Å². The molecule has 0 atom stereocenters. The number of alkyl halides is 6. The maximum Gasteiger partial charge on any atom is 0.387 e. The number of halogens is 6. The first-order valence-electron chi connectivity index (χ1n) is 30.1. The number of carbonyl (C=O) groups excluding carboxylic acids is 3. The van der Waals surface area contributed by atoms with Crippen LogP contribution < -0.4 is 45.1 Å². The highest BCUT2D eigenvalue weighted by Gasteiger charge is 2.34. The van der Waals surface area contributed by atoms with Gasteiger partial charge in [0.05, 0.1) is 53.1 Å². The third-order valence-corrected chi connectivity index (χ3v) is 15.5. The van der Waals surface area contributed by atoms with Crippen molar-refractivity contribution < 1.29 is 126 Å². The molecular formula is C69H47F6N3O24. The highest BCUT2D eigenvalue weighted by atomic mass is 19.3. The Kier molecular flexibility index (Phi) is 19.3. The predicted octanol–water partition coefficient (Wildman–Crippen LogP) is 11.6. The van der Waals surface area contributed by atoms with Gasteiger partial charge in [0.15, 0.2) is 59.6 Å². The molecule has 6 N–H and O–H groups in total. The molecule has 0 amide bonds. The molecule has 12 rings (SSSR count). The Morgan fingerprint density at radius 2 is 0.873 bits per heavy atom. The van der Waals surface area contributed by atoms with E-state index in [-0.39, 0.29) is 108 Å². The lowest BCUT2D eigenvalue weighted by Gasteiger charge is -2.17. The zero-order valence-electron chi connectivity index (χ0n) is 52.0. The van der Waals surface area contributed by atoms with E-state index in [9.17, 15) is 79.7 Å². The summed E-state index contributed by atoms with van der Waals surface area (Å²) in [6, 6.07) is 25.3. The van der Waals surface area contributed by atoms with Crippen molar-refractivity contribution in [1.82, 2.24) is 15.0 Å². The topological polar surface area (TPSA) is 384 Å². The summed E-state index contributed by atoms with van der Waals surface area (Å²) in [6.45, 7) is -13.4. The van der Waals surface area contributed by atoms with Crippen molar-refractivity contribution >= 4 is 102 Å². The van der Waals surface area contributed by atoms with E-state index in [4.69, 9.17) is 61.0 Å². The Hall–Kier alpha value is -13.2. The fourth-order valence-corrected chi connectivity index (χ4v) is 11.5. The van der Waals surface area contributed by atoms with Gasteiger partial charge < -0.3 is 86.2 Å². The van der Waals surface area contributed by atoms with Crippen LogP contribution in [0.1, 0.15) is 49.1 Å². The molecule has 27 nitrogen and oxygen atoms in total. The number of rotatable bonds is 28. The molecule has 6 aromatic carbocycles. The molecule has 6 aromatic heterocycles. The fourth-order valence-electron chi connectivity index (χ4n) is 11.5. The largest absolute Gasteiger partial charge is 0.482 e. The second kappa shape index (κ2) is 28.7. The van der Waals surface area contributed by atoms with Crippen molar-refractivity contribution in [3.8, 4) is 67.9 Å². The maximum absolute atomic E-state index is 14.6. The number of carboxylic acid groups (broad SMARTS) is 3. The molecule has 524 valence electrons. The number of nitrogens with one attached hydrogen (secondary N) is 3. The van der Waals surface area contributed by atoms with Crippen LogP contribution in [0.5, 0.6) is 34.5 Å². The van der Waals surface area contributed by atoms with Crippen LogP contribution in [0.4, 0.5) is 26.3 Å². The Morgan fingerprint density at radius 3 is 1.38 bits per heavy atom. The number of pyridine rings is 3. The van der Waals surface area contributed by atoms with Gasteiger partial charge in [0.2, 0.25) is 0 Å². The molecule has 102 heavy (non-hydrogen) atoms. The number of H-pyrrole nitrogens is 3. The summed E-state index contributed by atoms with van der Waals surface area (Å²) in [5.74, 6) is -11.9. The molecule has 12 aromatic rings. The number of carbonyl (C=O) groups is 6. The highest BCUT2D eigenvalue weighted by molar-refractivity contribution is 6.16. The van der Waals surface area contributed by atoms with Crippen molar-refractivity contribution in [3.63, 3.8) is 0 Å². The van der Waals surface area contributed by atoms with Crippen LogP contribution in [-0.2, 0) is 41.4 Å². The second-order valence-electron chi connectivity index (χ2n) is 21.8. The first-order valence-corrected chi connectivity index (χ1v) is 30.1. The van der Waals surface area contributed by atoms with Crippen LogP contribution in [0.3, 0.4) is 0 Å². The van der Waals surface area contributed by atoms with Gasteiger partial charge in [0.25, 0.3) is 16.7 Å². The first kappa shape index (κ1) is 68.7. The summed E-state index contributed by atoms with van der Waals surface area (Å²) in [5.41, 5.74) is -7.83. The molecule has 0 aliphatic carbocycles. The minimum Gasteiger partial charge on any atom is -0.482 e. The van der Waals surface area contributed by atoms with E-state index in [1.165, 1.54) is 73.7 Å². The number of aromatic amines is 3. The van der Waals surface area contributed by atoms with E-state index in [1.807, 2.05) is 0 Å². The zero-order valence-corrected chi connectivity index (χ0v) is 52.0. The van der Waals surface area contributed by atoms with Gasteiger partial charge in [-0.1, -0.05) is 48.5 Å². The van der Waals surface area contributed by atoms with Crippen LogP contribution in [0.25, 0.3) is 99.6 Å². The number of benzene rings is 6. The summed E-state index contributed by atoms with van der Waals surface area (Å²) >= 11 is 0. The van der Waals surface area contributed by atoms with E-state index >= 15 is 0 Å². The molecule has 0 fully saturated rings. The Balaban J connectivity index is 0.877. The number of carboxylic acids is 3. The quantitative estimate of drug-likeness (QED) is 0.0151. The number of fused-ring (bicyclic) bond motifs is 9. The predicted molar refractivity (Wildman–Crippen MR) is 343 cm³/mol. The summed E-state index contributed by atoms with van der Waals surface area (Å²) < 4.78 is 150. The Morgan fingerprint density at radius 1 is 0.431 bits per heavy atom. The van der Waals surface area contributed by atoms with E-state index in [0.717, 1.165) is 30.3 Å². The zero-order chi connectivity index (χ0) is 72.4. The third-order valence-electron chi connectivity index (χ3n) is 15.5. The normalized spacial score (nSPS) is 11.5. The monoisotopic (exact) mass is 1420 g/mol. The Bertz CT molecular complexity index is 5580. The smallest absolute Gasteiger partial charge is 0.387 e. The number of hydrogen-bond donors (Lipinski definition) is 6. The average Bonchev–Trinajstić information content (AvgIpc) is 1.54. The number of ether oxygens (including phenoxy) is 9. The van der Waals surface area contributed by atoms with E-state index < -0.39 is 162 Å². The van der Waals surface area contributed by atoms with E-state index in [2.05, 4.69) is 15.0 Å². The summed E-state index contributed by atoms with van der Waals surface area (Å²) in [5, 5.41) is 28.9. The van der Waals surface area contributed by atoms with Crippen LogP contribution in [0.2, 0.25) is 0 Å². The van der Waals surface area contributed by atoms with Crippen molar-refractivity contribution in [2.75, 3.05) is 39.6 Å². The minimum atomic E-state index is -3.53. The average molecular weight is 1420 g/mol. The summed E-state index contributed by atoms with van der Waals surface area (Å²) in [7, 11) is 0. The number of furan rings is 3. The van der Waals surface area contributed by atoms with Gasteiger partial charge in [-0.3, -0.25) is 14.4 Å². The maximum atomic E-state index is 14.6. The highest BCUT2D eigenvalue weighted by Crippen LogP contribution is 2.48. The standard InChI is InChI=1S/C69H47F6N3O24/c1-2-91-64(88)50-47(32-18-15-31(94-26-44(79)80)25-43(32)101-68(72)73)58-54(77-61(50)85)34-16-13-29(23-41(34)98-58)19-21-92-65(89)51-48(36-8-6-12-40(100-67(70)71)56(36)96-28-46(83)84)60-55(78-62(51)86)35-17-14-30(24-42(35)99-60)20-22-93-66(90)52-49(59-53(76-63(52)87)33-7-3-4-10-38(33)97-59)37-9-5-11-39(95-27-45(81)82)57(37)102-69(74)75/h3-18,23-25,67-69H,2,19-22,26-28H2,1H3,(H,76,87)(H,77,85)(H,78,86)(H,79,80)(H,81,82)(H,83,84). The number of para-hydroxylation sites is 3. The molecule has 0 aliphatic heterocycles. The van der Waals surface area contributed by atoms with Crippen molar-refractivity contribution in [1.29, 1.82) is 0 Å². The SMILES string of the molecule is CCOC(=O)c1c(-c2ccc(OCC(=O)O)cc2OC(F)F)c2oc3cc(CCOC(=O)c4c(-c5cccc(OC(F)F)c5OCC(=O)O)c5oc6cc(CCOC(=O)c7c(-c8cccc(OCC(=O)O)c8OC(F)F)c8oc9ccccc9c8[nH]c7=O)ccc6c5[nH]c4=O)ccc3c2[nH]c1=O. The number of aliphatic carboxylic acids is 3. The third kappa shape index (κ3) is 13.8. The van der Waals surface area contributed by atoms with Gasteiger partial charge in [0.1, 0.15) is 44.9 Å². The van der Waals surface area contributed by atoms with Gasteiger partial charge in [-0.05, 0) is 78.7 Å². The Labute approximate surface area is 562 Å². The summed E-state index contributed by atoms with van der Waals surface area (Å²) in [4.78, 5) is 127. The molecule has 0 bridgehead atoms. The van der Waals surface area contributed by atoms with Crippen LogP contribution in [0.15, 0.2) is 143 Å². The van der Waals surface area contributed by atoms with Crippen LogP contribution in [0, 0.1) is 0 Å². The van der Waals surface area contributed by atoms with Crippen LogP contribution in [-0.4, -0.2) is 126 Å². The molecule has 0 unspecified atom stereocenters. The molecular weight excluding hydrogens is 1370 g/mol. The van der Waals surface area contributed by atoms with Gasteiger partial charge >= 0.3 is 55.7 Å². The molecule has 33 heteroatoms. The van der Waals surface area contributed by atoms with Crippen molar-refractivity contribution in [3.05, 3.63) is 174 Å². The van der Waals surface area contributed by atoms with E-state index in [1.54, 1.807) is 18.2 Å². The molecule has 0 saturated heterocycles. The molecule has 0 saturated carbocycles.